The Morgan fingerprint density at radius 2 is 2.05 bits per heavy atom. The summed E-state index contributed by atoms with van der Waals surface area (Å²) < 4.78 is 25.6. The molecule has 0 atom stereocenters. The second-order valence-corrected chi connectivity index (χ2v) is 6.69. The van der Waals surface area contributed by atoms with Crippen LogP contribution >= 0.6 is 11.6 Å². The van der Waals surface area contributed by atoms with Gasteiger partial charge in [-0.3, -0.25) is 9.71 Å². The zero-order valence-corrected chi connectivity index (χ0v) is 12.7. The molecule has 0 aliphatic rings. The van der Waals surface area contributed by atoms with Crippen molar-refractivity contribution < 1.29 is 8.42 Å². The number of nitrogens with zero attached hydrogens (tertiary/aromatic N) is 2. The van der Waals surface area contributed by atoms with Crippen molar-refractivity contribution in [2.45, 2.75) is 6.92 Å². The number of hydrogen-bond donors (Lipinski definition) is 1. The Hall–Kier alpha value is -2.10. The van der Waals surface area contributed by atoms with Crippen LogP contribution in [0.4, 0.5) is 5.69 Å². The fraction of sp³-hybridized carbons (Fsp3) is 0.143. The summed E-state index contributed by atoms with van der Waals surface area (Å²) in [7, 11) is -3.35. The molecule has 0 saturated heterocycles. The van der Waals surface area contributed by atoms with E-state index in [9.17, 15) is 8.42 Å². The van der Waals surface area contributed by atoms with Gasteiger partial charge in [0.05, 0.1) is 28.2 Å². The lowest BCUT2D eigenvalue weighted by Gasteiger charge is -2.08. The van der Waals surface area contributed by atoms with Crippen LogP contribution in [0.1, 0.15) is 12.5 Å². The highest BCUT2D eigenvalue weighted by Crippen LogP contribution is 2.26. The summed E-state index contributed by atoms with van der Waals surface area (Å²) >= 11 is 5.99. The molecule has 0 aliphatic carbocycles. The molecule has 0 saturated carbocycles. The first kappa shape index (κ1) is 15.3. The van der Waals surface area contributed by atoms with E-state index in [1.165, 1.54) is 6.20 Å². The summed E-state index contributed by atoms with van der Waals surface area (Å²) in [6, 6.07) is 8.64. The maximum atomic E-state index is 11.6. The number of nitriles is 1. The average molecular weight is 322 g/mol. The highest BCUT2D eigenvalue weighted by molar-refractivity contribution is 7.92. The van der Waals surface area contributed by atoms with E-state index in [1.54, 1.807) is 37.4 Å². The van der Waals surface area contributed by atoms with Crippen LogP contribution in [0.5, 0.6) is 0 Å². The lowest BCUT2D eigenvalue weighted by atomic mass is 10.1. The molecule has 1 aromatic heterocycles. The molecule has 7 heteroatoms. The van der Waals surface area contributed by atoms with E-state index in [0.717, 1.165) is 5.56 Å². The van der Waals surface area contributed by atoms with Gasteiger partial charge in [-0.05, 0) is 30.7 Å². The molecule has 0 bridgehead atoms. The molecule has 0 amide bonds. The molecule has 21 heavy (non-hydrogen) atoms. The van der Waals surface area contributed by atoms with Crippen LogP contribution in [0.3, 0.4) is 0 Å². The first-order valence-electron chi connectivity index (χ1n) is 6.10. The van der Waals surface area contributed by atoms with Gasteiger partial charge in [-0.2, -0.15) is 5.26 Å². The summed E-state index contributed by atoms with van der Waals surface area (Å²) in [6.07, 6.45) is 3.03. The third-order valence-corrected chi connectivity index (χ3v) is 4.43. The Labute approximate surface area is 128 Å². The molecular weight excluding hydrogens is 310 g/mol. The van der Waals surface area contributed by atoms with Crippen molar-refractivity contribution >= 4 is 27.3 Å². The SMILES string of the molecule is CCS(=O)(=O)Nc1cncc(-c2ccc(C#N)c(Cl)c2)c1. The van der Waals surface area contributed by atoms with Gasteiger partial charge in [0.25, 0.3) is 0 Å². The molecule has 2 rings (SSSR count). The Morgan fingerprint density at radius 3 is 2.67 bits per heavy atom. The molecular formula is C14H12ClN3O2S. The maximum Gasteiger partial charge on any atom is 0.232 e. The number of benzene rings is 1. The Morgan fingerprint density at radius 1 is 1.29 bits per heavy atom. The summed E-state index contributed by atoms with van der Waals surface area (Å²) in [5.41, 5.74) is 2.23. The Bertz CT molecular complexity index is 813. The standard InChI is InChI=1S/C14H12ClN3O2S/c1-2-21(19,20)18-13-5-12(8-17-9-13)10-3-4-11(7-16)14(15)6-10/h3-6,8-9,18H,2H2,1H3. The van der Waals surface area contributed by atoms with E-state index in [-0.39, 0.29) is 5.75 Å². The number of pyridine rings is 1. The molecule has 0 fully saturated rings. The smallest absolute Gasteiger partial charge is 0.232 e. The van der Waals surface area contributed by atoms with Crippen molar-refractivity contribution in [3.05, 3.63) is 47.2 Å². The molecule has 2 aromatic rings. The van der Waals surface area contributed by atoms with Crippen LogP contribution in [0, 0.1) is 11.3 Å². The van der Waals surface area contributed by atoms with Gasteiger partial charge in [0.1, 0.15) is 6.07 Å². The molecule has 0 spiro atoms. The fourth-order valence-corrected chi connectivity index (χ4v) is 2.53. The molecule has 1 aromatic carbocycles. The number of nitrogens with one attached hydrogen (secondary N) is 1. The monoisotopic (exact) mass is 321 g/mol. The summed E-state index contributed by atoms with van der Waals surface area (Å²) in [4.78, 5) is 4.02. The van der Waals surface area contributed by atoms with Gasteiger partial charge in [-0.15, -0.1) is 0 Å². The van der Waals surface area contributed by atoms with Crippen molar-refractivity contribution in [3.63, 3.8) is 0 Å². The first-order valence-corrected chi connectivity index (χ1v) is 8.14. The van der Waals surface area contributed by atoms with E-state index in [4.69, 9.17) is 16.9 Å². The van der Waals surface area contributed by atoms with Crippen LogP contribution < -0.4 is 4.72 Å². The molecule has 1 N–H and O–H groups in total. The van der Waals surface area contributed by atoms with Crippen LogP contribution in [-0.4, -0.2) is 19.2 Å². The summed E-state index contributed by atoms with van der Waals surface area (Å²) in [5.74, 6) is -0.0140. The molecule has 0 aliphatic heterocycles. The van der Waals surface area contributed by atoms with Crippen LogP contribution in [0.2, 0.25) is 5.02 Å². The number of sulfonamides is 1. The summed E-state index contributed by atoms with van der Waals surface area (Å²) in [5, 5.41) is 9.20. The number of halogens is 1. The number of hydrogen-bond acceptors (Lipinski definition) is 4. The van der Waals surface area contributed by atoms with E-state index >= 15 is 0 Å². The topological polar surface area (TPSA) is 82.8 Å². The van der Waals surface area contributed by atoms with Crippen molar-refractivity contribution in [3.8, 4) is 17.2 Å². The van der Waals surface area contributed by atoms with E-state index in [0.29, 0.717) is 21.8 Å². The molecule has 5 nitrogen and oxygen atoms in total. The van der Waals surface area contributed by atoms with Gasteiger partial charge < -0.3 is 0 Å². The van der Waals surface area contributed by atoms with E-state index < -0.39 is 10.0 Å². The minimum atomic E-state index is -3.35. The fourth-order valence-electron chi connectivity index (χ4n) is 1.69. The van der Waals surface area contributed by atoms with Gasteiger partial charge in [-0.1, -0.05) is 17.7 Å². The summed E-state index contributed by atoms with van der Waals surface area (Å²) in [6.45, 7) is 1.56. The quantitative estimate of drug-likeness (QED) is 0.938. The zero-order valence-electron chi connectivity index (χ0n) is 11.2. The minimum absolute atomic E-state index is 0.0140. The lowest BCUT2D eigenvalue weighted by molar-refractivity contribution is 0.602. The third-order valence-electron chi connectivity index (χ3n) is 2.81. The predicted molar refractivity (Wildman–Crippen MR) is 82.5 cm³/mol. The normalized spacial score (nSPS) is 10.9. The Kier molecular flexibility index (Phi) is 4.46. The highest BCUT2D eigenvalue weighted by atomic mass is 35.5. The predicted octanol–water partition coefficient (Wildman–Crippen LogP) is 3.04. The average Bonchev–Trinajstić information content (AvgIpc) is 2.47. The molecule has 1 heterocycles. The van der Waals surface area contributed by atoms with Crippen LogP contribution in [0.15, 0.2) is 36.7 Å². The first-order chi connectivity index (χ1) is 9.95. The highest BCUT2D eigenvalue weighted by Gasteiger charge is 2.09. The van der Waals surface area contributed by atoms with Gasteiger partial charge in [0, 0.05) is 11.8 Å². The Balaban J connectivity index is 2.38. The zero-order chi connectivity index (χ0) is 15.5. The van der Waals surface area contributed by atoms with E-state index in [1.807, 2.05) is 6.07 Å². The largest absolute Gasteiger partial charge is 0.282 e. The minimum Gasteiger partial charge on any atom is -0.282 e. The molecule has 108 valence electrons. The van der Waals surface area contributed by atoms with Gasteiger partial charge in [0.2, 0.25) is 10.0 Å². The van der Waals surface area contributed by atoms with Crippen molar-refractivity contribution in [1.29, 1.82) is 5.26 Å². The lowest BCUT2D eigenvalue weighted by Crippen LogP contribution is -2.14. The molecule has 0 radical (unpaired) electrons. The van der Waals surface area contributed by atoms with Crippen LogP contribution in [-0.2, 0) is 10.0 Å². The van der Waals surface area contributed by atoms with Gasteiger partial charge in [0.15, 0.2) is 0 Å². The van der Waals surface area contributed by atoms with Crippen molar-refractivity contribution in [2.24, 2.45) is 0 Å². The molecule has 0 unspecified atom stereocenters. The van der Waals surface area contributed by atoms with Crippen molar-refractivity contribution in [2.75, 3.05) is 10.5 Å². The van der Waals surface area contributed by atoms with Crippen molar-refractivity contribution in [1.82, 2.24) is 4.98 Å². The second-order valence-electron chi connectivity index (χ2n) is 4.27. The van der Waals surface area contributed by atoms with Gasteiger partial charge >= 0.3 is 0 Å². The number of aromatic nitrogens is 1. The number of anilines is 1. The van der Waals surface area contributed by atoms with E-state index in [2.05, 4.69) is 9.71 Å². The van der Waals surface area contributed by atoms with Gasteiger partial charge in [-0.25, -0.2) is 8.42 Å². The number of rotatable bonds is 4. The van der Waals surface area contributed by atoms with Crippen LogP contribution in [0.25, 0.3) is 11.1 Å². The second kappa shape index (κ2) is 6.12. The maximum absolute atomic E-state index is 11.6. The third kappa shape index (κ3) is 3.72.